The highest BCUT2D eigenvalue weighted by atomic mass is 16.2. The molecule has 0 spiro atoms. The number of rotatable bonds is 5. The molecule has 138 valence electrons. The van der Waals surface area contributed by atoms with E-state index in [4.69, 9.17) is 0 Å². The van der Waals surface area contributed by atoms with Gasteiger partial charge in [0.15, 0.2) is 0 Å². The number of hydrogen-bond donors (Lipinski definition) is 2. The summed E-state index contributed by atoms with van der Waals surface area (Å²) in [4.78, 5) is 30.5. The summed E-state index contributed by atoms with van der Waals surface area (Å²) in [7, 11) is 0. The zero-order valence-corrected chi connectivity index (χ0v) is 15.4. The molecular formula is C22H23N3O2. The third kappa shape index (κ3) is 3.45. The number of anilines is 1. The Hall–Kier alpha value is -3.08. The minimum Gasteiger partial charge on any atom is -0.361 e. The Bertz CT molecular complexity index is 992. The van der Waals surface area contributed by atoms with Crippen molar-refractivity contribution < 1.29 is 9.59 Å². The topological polar surface area (TPSA) is 65.2 Å². The number of benzene rings is 2. The summed E-state index contributed by atoms with van der Waals surface area (Å²) in [6, 6.07) is 15.4. The monoisotopic (exact) mass is 361 g/mol. The molecule has 2 amide bonds. The van der Waals surface area contributed by atoms with Gasteiger partial charge in [0.05, 0.1) is 0 Å². The third-order valence-corrected chi connectivity index (χ3v) is 5.12. The van der Waals surface area contributed by atoms with Gasteiger partial charge in [-0.25, -0.2) is 0 Å². The summed E-state index contributed by atoms with van der Waals surface area (Å²) >= 11 is 0. The zero-order chi connectivity index (χ0) is 18.8. The molecule has 0 aliphatic carbocycles. The SMILES string of the molecule is CCCC(=O)N(Cc1ccc2[nH]ccc2c1)C1Cc2ccccc2NC1=O. The van der Waals surface area contributed by atoms with Gasteiger partial charge >= 0.3 is 0 Å². The molecule has 1 unspecified atom stereocenters. The van der Waals surface area contributed by atoms with Crippen molar-refractivity contribution in [3.63, 3.8) is 0 Å². The van der Waals surface area contributed by atoms with Crippen LogP contribution < -0.4 is 5.32 Å². The Morgan fingerprint density at radius 2 is 2.04 bits per heavy atom. The number of nitrogens with zero attached hydrogens (tertiary/aromatic N) is 1. The Balaban J connectivity index is 1.64. The van der Waals surface area contributed by atoms with Crippen molar-refractivity contribution >= 4 is 28.4 Å². The minimum atomic E-state index is -0.485. The van der Waals surface area contributed by atoms with Crippen LogP contribution in [0, 0.1) is 0 Å². The van der Waals surface area contributed by atoms with Crippen LogP contribution in [0.4, 0.5) is 5.69 Å². The van der Waals surface area contributed by atoms with Crippen LogP contribution in [0.3, 0.4) is 0 Å². The first-order valence-electron chi connectivity index (χ1n) is 9.40. The summed E-state index contributed by atoms with van der Waals surface area (Å²) < 4.78 is 0. The maximum Gasteiger partial charge on any atom is 0.247 e. The smallest absolute Gasteiger partial charge is 0.247 e. The van der Waals surface area contributed by atoms with E-state index >= 15 is 0 Å². The van der Waals surface area contributed by atoms with Gasteiger partial charge < -0.3 is 15.2 Å². The number of nitrogens with one attached hydrogen (secondary N) is 2. The summed E-state index contributed by atoms with van der Waals surface area (Å²) in [5.41, 5.74) is 4.00. The summed E-state index contributed by atoms with van der Waals surface area (Å²) in [6.07, 6.45) is 3.65. The fraction of sp³-hybridized carbons (Fsp3) is 0.273. The highest BCUT2D eigenvalue weighted by molar-refractivity contribution is 6.00. The molecule has 5 heteroatoms. The maximum atomic E-state index is 12.9. The average molecular weight is 361 g/mol. The van der Waals surface area contributed by atoms with Crippen LogP contribution in [0.2, 0.25) is 0 Å². The third-order valence-electron chi connectivity index (χ3n) is 5.12. The van der Waals surface area contributed by atoms with Crippen LogP contribution in [0.15, 0.2) is 54.7 Å². The quantitative estimate of drug-likeness (QED) is 0.725. The Morgan fingerprint density at radius 3 is 2.89 bits per heavy atom. The van der Waals surface area contributed by atoms with Crippen LogP contribution in [-0.2, 0) is 22.6 Å². The second-order valence-corrected chi connectivity index (χ2v) is 7.04. The van der Waals surface area contributed by atoms with Crippen LogP contribution in [-0.4, -0.2) is 27.7 Å². The molecule has 1 aromatic heterocycles. The Kier molecular flexibility index (Phi) is 4.67. The van der Waals surface area contributed by atoms with Crippen LogP contribution in [0.5, 0.6) is 0 Å². The normalized spacial score (nSPS) is 16.0. The van der Waals surface area contributed by atoms with Gasteiger partial charge in [-0.15, -0.1) is 0 Å². The largest absolute Gasteiger partial charge is 0.361 e. The second kappa shape index (κ2) is 7.27. The van der Waals surface area contributed by atoms with E-state index in [-0.39, 0.29) is 11.8 Å². The van der Waals surface area contributed by atoms with Crippen molar-refractivity contribution in [1.82, 2.24) is 9.88 Å². The first kappa shape index (κ1) is 17.3. The van der Waals surface area contributed by atoms with Crippen molar-refractivity contribution in [1.29, 1.82) is 0 Å². The number of carbonyl (C=O) groups is 2. The molecule has 2 heterocycles. The molecular weight excluding hydrogens is 338 g/mol. The molecule has 0 bridgehead atoms. The summed E-state index contributed by atoms with van der Waals surface area (Å²) in [6.45, 7) is 2.42. The minimum absolute atomic E-state index is 0.0196. The Morgan fingerprint density at radius 1 is 1.19 bits per heavy atom. The lowest BCUT2D eigenvalue weighted by atomic mass is 9.96. The van der Waals surface area contributed by atoms with E-state index in [1.165, 1.54) is 0 Å². The molecule has 1 aliphatic heterocycles. The highest BCUT2D eigenvalue weighted by Crippen LogP contribution is 2.26. The number of carbonyl (C=O) groups excluding carboxylic acids is 2. The van der Waals surface area contributed by atoms with Gasteiger partial charge in [-0.05, 0) is 47.2 Å². The molecule has 2 N–H and O–H groups in total. The molecule has 1 atom stereocenters. The van der Waals surface area contributed by atoms with E-state index < -0.39 is 6.04 Å². The predicted octanol–water partition coefficient (Wildman–Crippen LogP) is 3.86. The number of para-hydroxylation sites is 1. The van der Waals surface area contributed by atoms with E-state index in [2.05, 4.69) is 16.4 Å². The van der Waals surface area contributed by atoms with Gasteiger partial charge in [0, 0.05) is 36.8 Å². The lowest BCUT2D eigenvalue weighted by molar-refractivity contribution is -0.139. The molecule has 0 saturated carbocycles. The zero-order valence-electron chi connectivity index (χ0n) is 15.4. The van der Waals surface area contributed by atoms with Crippen LogP contribution >= 0.6 is 0 Å². The van der Waals surface area contributed by atoms with E-state index in [1.807, 2.05) is 55.6 Å². The first-order chi connectivity index (χ1) is 13.2. The fourth-order valence-electron chi connectivity index (χ4n) is 3.72. The molecule has 0 saturated heterocycles. The molecule has 1 aliphatic rings. The molecule has 27 heavy (non-hydrogen) atoms. The predicted molar refractivity (Wildman–Crippen MR) is 106 cm³/mol. The number of H-pyrrole nitrogens is 1. The van der Waals surface area contributed by atoms with Crippen molar-refractivity contribution in [2.45, 2.75) is 38.8 Å². The van der Waals surface area contributed by atoms with Gasteiger partial charge in [-0.3, -0.25) is 9.59 Å². The Labute approximate surface area is 158 Å². The van der Waals surface area contributed by atoms with E-state index in [1.54, 1.807) is 4.90 Å². The van der Waals surface area contributed by atoms with Crippen molar-refractivity contribution in [3.05, 3.63) is 65.9 Å². The number of aromatic amines is 1. The van der Waals surface area contributed by atoms with Crippen LogP contribution in [0.1, 0.15) is 30.9 Å². The highest BCUT2D eigenvalue weighted by Gasteiger charge is 2.33. The lowest BCUT2D eigenvalue weighted by Crippen LogP contribution is -2.50. The van der Waals surface area contributed by atoms with Gasteiger partial charge in [-0.2, -0.15) is 0 Å². The van der Waals surface area contributed by atoms with Crippen molar-refractivity contribution in [2.24, 2.45) is 0 Å². The molecule has 0 fully saturated rings. The van der Waals surface area contributed by atoms with Crippen LogP contribution in [0.25, 0.3) is 10.9 Å². The molecule has 4 rings (SSSR count). The molecule has 5 nitrogen and oxygen atoms in total. The van der Waals surface area contributed by atoms with Gasteiger partial charge in [-0.1, -0.05) is 31.2 Å². The summed E-state index contributed by atoms with van der Waals surface area (Å²) in [5.74, 6) is -0.0907. The number of fused-ring (bicyclic) bond motifs is 2. The number of amides is 2. The van der Waals surface area contributed by atoms with E-state index in [0.717, 1.165) is 34.1 Å². The summed E-state index contributed by atoms with van der Waals surface area (Å²) in [5, 5.41) is 4.07. The average Bonchev–Trinajstić information content (AvgIpc) is 3.14. The van der Waals surface area contributed by atoms with Gasteiger partial charge in [0.2, 0.25) is 11.8 Å². The van der Waals surface area contributed by atoms with Gasteiger partial charge in [0.1, 0.15) is 6.04 Å². The van der Waals surface area contributed by atoms with Crippen molar-refractivity contribution in [3.8, 4) is 0 Å². The van der Waals surface area contributed by atoms with Gasteiger partial charge in [0.25, 0.3) is 0 Å². The lowest BCUT2D eigenvalue weighted by Gasteiger charge is -2.34. The molecule has 3 aromatic rings. The van der Waals surface area contributed by atoms with E-state index in [0.29, 0.717) is 19.4 Å². The molecule has 2 aromatic carbocycles. The second-order valence-electron chi connectivity index (χ2n) is 7.04. The maximum absolute atomic E-state index is 12.9. The number of aromatic nitrogens is 1. The first-order valence-corrected chi connectivity index (χ1v) is 9.40. The fourth-order valence-corrected chi connectivity index (χ4v) is 3.72. The van der Waals surface area contributed by atoms with Crippen molar-refractivity contribution in [2.75, 3.05) is 5.32 Å². The molecule has 0 radical (unpaired) electrons. The standard InChI is InChI=1S/C22H23N3O2/c1-2-5-21(26)25(14-15-8-9-18-17(12-15)10-11-23-18)20-13-16-6-3-4-7-19(16)24-22(20)27/h3-4,6-12,20,23H,2,5,13-14H2,1H3,(H,24,27). The number of hydrogen-bond acceptors (Lipinski definition) is 2. The van der Waals surface area contributed by atoms with E-state index in [9.17, 15) is 9.59 Å².